The summed E-state index contributed by atoms with van der Waals surface area (Å²) < 4.78 is 25.1. The molecule has 5 heteroatoms. The summed E-state index contributed by atoms with van der Waals surface area (Å²) in [7, 11) is -2.82. The Labute approximate surface area is 119 Å². The van der Waals surface area contributed by atoms with Gasteiger partial charge in [0.25, 0.3) is 0 Å². The fourth-order valence-corrected chi connectivity index (χ4v) is 4.29. The van der Waals surface area contributed by atoms with Crippen LogP contribution in [0.5, 0.6) is 0 Å². The molecule has 0 atom stereocenters. The minimum absolute atomic E-state index is 0.207. The molecule has 0 amide bonds. The van der Waals surface area contributed by atoms with Crippen molar-refractivity contribution in [2.45, 2.75) is 38.6 Å². The average molecular weight is 292 g/mol. The summed E-state index contributed by atoms with van der Waals surface area (Å²) in [5.74, 6) is 1.04. The first kappa shape index (κ1) is 13.6. The molecule has 0 bridgehead atoms. The fourth-order valence-electron chi connectivity index (χ4n) is 2.83. The number of hydrogen-bond donors (Lipinski definition) is 0. The van der Waals surface area contributed by atoms with Gasteiger partial charge in [0.2, 0.25) is 0 Å². The lowest BCUT2D eigenvalue weighted by Crippen LogP contribution is -2.26. The van der Waals surface area contributed by atoms with Crippen molar-refractivity contribution >= 4 is 20.7 Å². The predicted octanol–water partition coefficient (Wildman–Crippen LogP) is 2.91. The van der Waals surface area contributed by atoms with Crippen LogP contribution in [0.3, 0.4) is 0 Å². The molecule has 108 valence electrons. The van der Waals surface area contributed by atoms with E-state index >= 15 is 0 Å². The zero-order valence-corrected chi connectivity index (χ0v) is 12.7. The van der Waals surface area contributed by atoms with Crippen molar-refractivity contribution in [3.63, 3.8) is 0 Å². The van der Waals surface area contributed by atoms with E-state index in [0.717, 1.165) is 10.9 Å². The highest BCUT2D eigenvalue weighted by Crippen LogP contribution is 2.28. The standard InChI is InChI=1S/C15H20N2O2S/c1-11(2)12-3-4-13-10-16-17(15(13)9-12)14-5-7-20(18,19)8-6-14/h3-4,9-11,14H,5-8H2,1-2H3. The second-order valence-corrected chi connectivity index (χ2v) is 8.25. The number of hydrogen-bond acceptors (Lipinski definition) is 3. The van der Waals surface area contributed by atoms with E-state index in [-0.39, 0.29) is 17.5 Å². The molecule has 1 aromatic heterocycles. The molecule has 2 heterocycles. The van der Waals surface area contributed by atoms with E-state index in [2.05, 4.69) is 37.1 Å². The molecule has 0 saturated carbocycles. The van der Waals surface area contributed by atoms with Crippen molar-refractivity contribution in [1.82, 2.24) is 9.78 Å². The number of benzene rings is 1. The van der Waals surface area contributed by atoms with Gasteiger partial charge in [0.1, 0.15) is 9.84 Å². The highest BCUT2D eigenvalue weighted by molar-refractivity contribution is 7.91. The van der Waals surface area contributed by atoms with Gasteiger partial charge in [-0.3, -0.25) is 4.68 Å². The maximum atomic E-state index is 11.5. The Morgan fingerprint density at radius 3 is 2.60 bits per heavy atom. The van der Waals surface area contributed by atoms with E-state index in [1.807, 2.05) is 10.9 Å². The summed E-state index contributed by atoms with van der Waals surface area (Å²) in [6, 6.07) is 6.65. The normalized spacial score (nSPS) is 19.8. The maximum absolute atomic E-state index is 11.5. The Morgan fingerprint density at radius 1 is 1.25 bits per heavy atom. The molecule has 20 heavy (non-hydrogen) atoms. The third-order valence-corrected chi connectivity index (χ3v) is 5.87. The fraction of sp³-hybridized carbons (Fsp3) is 0.533. The van der Waals surface area contributed by atoms with Gasteiger partial charge < -0.3 is 0 Å². The summed E-state index contributed by atoms with van der Waals surface area (Å²) in [5.41, 5.74) is 2.42. The lowest BCUT2D eigenvalue weighted by atomic mass is 10.0. The van der Waals surface area contributed by atoms with Gasteiger partial charge in [-0.15, -0.1) is 0 Å². The minimum atomic E-state index is -2.82. The summed E-state index contributed by atoms with van der Waals surface area (Å²) in [4.78, 5) is 0. The summed E-state index contributed by atoms with van der Waals surface area (Å²) >= 11 is 0. The molecule has 0 N–H and O–H groups in total. The van der Waals surface area contributed by atoms with E-state index in [1.165, 1.54) is 5.56 Å². The van der Waals surface area contributed by atoms with Crippen LogP contribution in [0.2, 0.25) is 0 Å². The first-order valence-electron chi connectivity index (χ1n) is 7.14. The monoisotopic (exact) mass is 292 g/mol. The van der Waals surface area contributed by atoms with E-state index in [0.29, 0.717) is 18.8 Å². The summed E-state index contributed by atoms with van der Waals surface area (Å²) in [5, 5.41) is 5.62. The largest absolute Gasteiger partial charge is 0.262 e. The second kappa shape index (κ2) is 4.88. The van der Waals surface area contributed by atoms with Crippen LogP contribution in [0, 0.1) is 0 Å². The Morgan fingerprint density at radius 2 is 1.95 bits per heavy atom. The molecular weight excluding hydrogens is 272 g/mol. The lowest BCUT2D eigenvalue weighted by Gasteiger charge is -2.23. The first-order chi connectivity index (χ1) is 9.46. The van der Waals surface area contributed by atoms with Crippen molar-refractivity contribution in [1.29, 1.82) is 0 Å². The van der Waals surface area contributed by atoms with Crippen LogP contribution in [-0.4, -0.2) is 29.7 Å². The highest BCUT2D eigenvalue weighted by atomic mass is 32.2. The number of sulfone groups is 1. The number of rotatable bonds is 2. The van der Waals surface area contributed by atoms with Crippen molar-refractivity contribution in [3.05, 3.63) is 30.0 Å². The van der Waals surface area contributed by atoms with Gasteiger partial charge in [-0.05, 0) is 30.4 Å². The molecule has 4 nitrogen and oxygen atoms in total. The zero-order valence-electron chi connectivity index (χ0n) is 11.9. The van der Waals surface area contributed by atoms with Crippen molar-refractivity contribution < 1.29 is 8.42 Å². The van der Waals surface area contributed by atoms with Gasteiger partial charge >= 0.3 is 0 Å². The molecule has 0 spiro atoms. The topological polar surface area (TPSA) is 52.0 Å². The molecule has 0 radical (unpaired) electrons. The van der Waals surface area contributed by atoms with Gasteiger partial charge in [0, 0.05) is 5.39 Å². The molecule has 0 aliphatic carbocycles. The van der Waals surface area contributed by atoms with Crippen LogP contribution in [0.4, 0.5) is 0 Å². The number of fused-ring (bicyclic) bond motifs is 1. The lowest BCUT2D eigenvalue weighted by molar-refractivity contribution is 0.424. The van der Waals surface area contributed by atoms with E-state index in [4.69, 9.17) is 0 Å². The van der Waals surface area contributed by atoms with E-state index in [9.17, 15) is 8.42 Å². The van der Waals surface area contributed by atoms with Crippen LogP contribution in [0.1, 0.15) is 44.2 Å². The molecule has 3 rings (SSSR count). The molecule has 2 aromatic rings. The quantitative estimate of drug-likeness (QED) is 0.855. The molecular formula is C15H20N2O2S. The van der Waals surface area contributed by atoms with Crippen LogP contribution in [0.15, 0.2) is 24.4 Å². The van der Waals surface area contributed by atoms with Gasteiger partial charge in [0.15, 0.2) is 0 Å². The Hall–Kier alpha value is -1.36. The molecule has 1 aromatic carbocycles. The molecule has 1 saturated heterocycles. The summed E-state index contributed by atoms with van der Waals surface area (Å²) in [6.45, 7) is 4.35. The predicted molar refractivity (Wildman–Crippen MR) is 80.7 cm³/mol. The van der Waals surface area contributed by atoms with Crippen molar-refractivity contribution in [2.75, 3.05) is 11.5 Å². The van der Waals surface area contributed by atoms with Gasteiger partial charge in [-0.1, -0.05) is 26.0 Å². The number of nitrogens with zero attached hydrogens (tertiary/aromatic N) is 2. The third kappa shape index (κ3) is 2.46. The second-order valence-electron chi connectivity index (χ2n) is 5.95. The Bertz CT molecular complexity index is 717. The Kier molecular flexibility index (Phi) is 3.32. The van der Waals surface area contributed by atoms with Gasteiger partial charge in [-0.25, -0.2) is 8.42 Å². The average Bonchev–Trinajstić information content (AvgIpc) is 2.81. The first-order valence-corrected chi connectivity index (χ1v) is 8.96. The van der Waals surface area contributed by atoms with Crippen LogP contribution in [-0.2, 0) is 9.84 Å². The third-order valence-electron chi connectivity index (χ3n) is 4.16. The van der Waals surface area contributed by atoms with Crippen LogP contribution < -0.4 is 0 Å². The Balaban J connectivity index is 1.97. The van der Waals surface area contributed by atoms with Crippen LogP contribution >= 0.6 is 0 Å². The van der Waals surface area contributed by atoms with Gasteiger partial charge in [-0.2, -0.15) is 5.10 Å². The SMILES string of the molecule is CC(C)c1ccc2cnn(C3CCS(=O)(=O)CC3)c2c1. The maximum Gasteiger partial charge on any atom is 0.150 e. The molecule has 1 aliphatic heterocycles. The molecule has 1 aliphatic rings. The van der Waals surface area contributed by atoms with Crippen molar-refractivity contribution in [2.24, 2.45) is 0 Å². The summed E-state index contributed by atoms with van der Waals surface area (Å²) in [6.07, 6.45) is 3.22. The number of aromatic nitrogens is 2. The van der Waals surface area contributed by atoms with Crippen molar-refractivity contribution in [3.8, 4) is 0 Å². The van der Waals surface area contributed by atoms with E-state index in [1.54, 1.807) is 0 Å². The molecule has 1 fully saturated rings. The molecule has 0 unspecified atom stereocenters. The van der Waals surface area contributed by atoms with Crippen LogP contribution in [0.25, 0.3) is 10.9 Å². The van der Waals surface area contributed by atoms with Gasteiger partial charge in [0.05, 0.1) is 29.3 Å². The minimum Gasteiger partial charge on any atom is -0.262 e. The highest BCUT2D eigenvalue weighted by Gasteiger charge is 2.26. The smallest absolute Gasteiger partial charge is 0.150 e. The van der Waals surface area contributed by atoms with E-state index < -0.39 is 9.84 Å². The zero-order chi connectivity index (χ0) is 14.3.